The van der Waals surface area contributed by atoms with E-state index in [0.717, 1.165) is 18.4 Å². The van der Waals surface area contributed by atoms with Gasteiger partial charge in [0.25, 0.3) is 0 Å². The van der Waals surface area contributed by atoms with Crippen molar-refractivity contribution in [3.63, 3.8) is 0 Å². The molecule has 4 heteroatoms. The Morgan fingerprint density at radius 1 is 1.33 bits per heavy atom. The number of carbonyl (C=O) groups excluding carboxylic acids is 1. The Balaban J connectivity index is 2.11. The molecule has 0 atom stereocenters. The second kappa shape index (κ2) is 6.44. The molecule has 0 aliphatic heterocycles. The van der Waals surface area contributed by atoms with Gasteiger partial charge in [-0.3, -0.25) is 4.79 Å². The van der Waals surface area contributed by atoms with Crippen molar-refractivity contribution in [1.82, 2.24) is 4.90 Å². The summed E-state index contributed by atoms with van der Waals surface area (Å²) in [7, 11) is 0. The lowest BCUT2D eigenvalue weighted by atomic mass is 10.1. The maximum atomic E-state index is 11.9. The summed E-state index contributed by atoms with van der Waals surface area (Å²) in [4.78, 5) is 13.9. The van der Waals surface area contributed by atoms with Crippen molar-refractivity contribution in [3.8, 4) is 0 Å². The van der Waals surface area contributed by atoms with Crippen LogP contribution in [0, 0.1) is 0 Å². The minimum atomic E-state index is 0.0172. The van der Waals surface area contributed by atoms with Gasteiger partial charge in [0, 0.05) is 17.6 Å². The van der Waals surface area contributed by atoms with Crippen LogP contribution in [0.4, 0.5) is 0 Å². The van der Waals surface area contributed by atoms with Crippen LogP contribution in [-0.4, -0.2) is 22.7 Å². The first-order valence-corrected chi connectivity index (χ1v) is 7.22. The fraction of sp³-hybridized carbons (Fsp3) is 0.500. The van der Waals surface area contributed by atoms with Gasteiger partial charge in [-0.25, -0.2) is 0 Å². The predicted molar refractivity (Wildman–Crippen MR) is 75.0 cm³/mol. The average molecular weight is 286 g/mol. The zero-order chi connectivity index (χ0) is 13.0. The van der Waals surface area contributed by atoms with E-state index < -0.39 is 0 Å². The smallest absolute Gasteiger partial charge is 0.238 e. The molecule has 1 saturated carbocycles. The van der Waals surface area contributed by atoms with E-state index in [9.17, 15) is 4.79 Å². The Morgan fingerprint density at radius 2 is 2.06 bits per heavy atom. The van der Waals surface area contributed by atoms with E-state index in [1.807, 2.05) is 29.2 Å². The predicted octanol–water partition coefficient (Wildman–Crippen LogP) is 3.85. The highest BCUT2D eigenvalue weighted by Gasteiger charge is 2.26. The highest BCUT2D eigenvalue weighted by molar-refractivity contribution is 6.30. The molecule has 0 radical (unpaired) electrons. The summed E-state index contributed by atoms with van der Waals surface area (Å²) >= 11 is 11.7. The molecule has 0 spiro atoms. The van der Waals surface area contributed by atoms with Crippen LogP contribution in [0.3, 0.4) is 0 Å². The van der Waals surface area contributed by atoms with Gasteiger partial charge in [0.2, 0.25) is 5.91 Å². The fourth-order valence-electron chi connectivity index (χ4n) is 2.55. The maximum absolute atomic E-state index is 11.9. The number of rotatable bonds is 4. The molecule has 0 bridgehead atoms. The van der Waals surface area contributed by atoms with Gasteiger partial charge in [-0.05, 0) is 30.5 Å². The Bertz CT molecular complexity index is 416. The number of nitrogens with zero attached hydrogens (tertiary/aromatic N) is 1. The van der Waals surface area contributed by atoms with Crippen molar-refractivity contribution in [2.45, 2.75) is 38.3 Å². The fourth-order valence-corrected chi connectivity index (χ4v) is 2.91. The van der Waals surface area contributed by atoms with Crippen molar-refractivity contribution in [1.29, 1.82) is 0 Å². The van der Waals surface area contributed by atoms with E-state index >= 15 is 0 Å². The van der Waals surface area contributed by atoms with E-state index in [2.05, 4.69) is 0 Å². The molecule has 18 heavy (non-hydrogen) atoms. The first-order chi connectivity index (χ1) is 8.70. The van der Waals surface area contributed by atoms with E-state index in [1.165, 1.54) is 12.8 Å². The van der Waals surface area contributed by atoms with Gasteiger partial charge in [-0.15, -0.1) is 11.6 Å². The molecule has 0 saturated heterocycles. The second-order valence-electron chi connectivity index (χ2n) is 4.72. The van der Waals surface area contributed by atoms with Crippen LogP contribution in [0.5, 0.6) is 0 Å². The Labute approximate surface area is 118 Å². The normalized spacial score (nSPS) is 15.9. The molecule has 2 rings (SSSR count). The summed E-state index contributed by atoms with van der Waals surface area (Å²) in [6, 6.07) is 8.00. The molecule has 1 aromatic rings. The molecule has 98 valence electrons. The van der Waals surface area contributed by atoms with Gasteiger partial charge in [0.05, 0.1) is 0 Å². The SMILES string of the molecule is O=C(CCl)N(Cc1cccc(Cl)c1)C1CCCC1. The third-order valence-electron chi connectivity index (χ3n) is 3.44. The third-order valence-corrected chi connectivity index (χ3v) is 3.91. The van der Waals surface area contributed by atoms with Crippen molar-refractivity contribution in [3.05, 3.63) is 34.9 Å². The van der Waals surface area contributed by atoms with Crippen LogP contribution in [0.15, 0.2) is 24.3 Å². The highest BCUT2D eigenvalue weighted by Crippen LogP contribution is 2.25. The molecule has 1 fully saturated rings. The molecule has 1 aromatic carbocycles. The lowest BCUT2D eigenvalue weighted by Crippen LogP contribution is -2.39. The topological polar surface area (TPSA) is 20.3 Å². The van der Waals surface area contributed by atoms with Gasteiger partial charge in [0.1, 0.15) is 5.88 Å². The van der Waals surface area contributed by atoms with Crippen molar-refractivity contribution < 1.29 is 4.79 Å². The molecule has 0 unspecified atom stereocenters. The molecule has 2 nitrogen and oxygen atoms in total. The zero-order valence-electron chi connectivity index (χ0n) is 10.2. The minimum Gasteiger partial charge on any atom is -0.334 e. The molecule has 0 heterocycles. The standard InChI is InChI=1S/C14H17Cl2NO/c15-9-14(18)17(13-6-1-2-7-13)10-11-4-3-5-12(16)8-11/h3-5,8,13H,1-2,6-7,9-10H2. The van der Waals surface area contributed by atoms with E-state index in [1.54, 1.807) is 0 Å². The minimum absolute atomic E-state index is 0.0172. The summed E-state index contributed by atoms with van der Waals surface area (Å²) in [5, 5.41) is 0.706. The van der Waals surface area contributed by atoms with Gasteiger partial charge < -0.3 is 4.90 Å². The van der Waals surface area contributed by atoms with Crippen molar-refractivity contribution in [2.75, 3.05) is 5.88 Å². The molecule has 1 amide bonds. The molecule has 0 N–H and O–H groups in total. The van der Waals surface area contributed by atoms with Gasteiger partial charge in [-0.2, -0.15) is 0 Å². The molecule has 1 aliphatic rings. The van der Waals surface area contributed by atoms with Crippen LogP contribution in [0.1, 0.15) is 31.2 Å². The van der Waals surface area contributed by atoms with Gasteiger partial charge in [0.15, 0.2) is 0 Å². The summed E-state index contributed by atoms with van der Waals surface area (Å²) in [6.07, 6.45) is 4.57. The summed E-state index contributed by atoms with van der Waals surface area (Å²) in [5.74, 6) is 0.0698. The maximum Gasteiger partial charge on any atom is 0.238 e. The van der Waals surface area contributed by atoms with Crippen LogP contribution in [-0.2, 0) is 11.3 Å². The summed E-state index contributed by atoms with van der Waals surface area (Å²) < 4.78 is 0. The molecular formula is C14H17Cl2NO. The average Bonchev–Trinajstić information content (AvgIpc) is 2.89. The molecule has 0 aromatic heterocycles. The number of alkyl halides is 1. The van der Waals surface area contributed by atoms with Gasteiger partial charge in [-0.1, -0.05) is 36.6 Å². The third kappa shape index (κ3) is 3.39. The number of benzene rings is 1. The summed E-state index contributed by atoms with van der Waals surface area (Å²) in [6.45, 7) is 0.608. The number of hydrogen-bond acceptors (Lipinski definition) is 1. The van der Waals surface area contributed by atoms with Crippen LogP contribution < -0.4 is 0 Å². The number of halogens is 2. The monoisotopic (exact) mass is 285 g/mol. The largest absolute Gasteiger partial charge is 0.334 e. The zero-order valence-corrected chi connectivity index (χ0v) is 11.8. The number of amides is 1. The van der Waals surface area contributed by atoms with Crippen LogP contribution in [0.25, 0.3) is 0 Å². The number of carbonyl (C=O) groups is 1. The lowest BCUT2D eigenvalue weighted by molar-refractivity contribution is -0.131. The van der Waals surface area contributed by atoms with Gasteiger partial charge >= 0.3 is 0 Å². The molecular weight excluding hydrogens is 269 g/mol. The first kappa shape index (κ1) is 13.7. The van der Waals surface area contributed by atoms with Crippen molar-refractivity contribution >= 4 is 29.1 Å². The molecule has 1 aliphatic carbocycles. The Kier molecular flexibility index (Phi) is 4.90. The first-order valence-electron chi connectivity index (χ1n) is 6.30. The van der Waals surface area contributed by atoms with E-state index in [0.29, 0.717) is 17.6 Å². The highest BCUT2D eigenvalue weighted by atomic mass is 35.5. The second-order valence-corrected chi connectivity index (χ2v) is 5.43. The lowest BCUT2D eigenvalue weighted by Gasteiger charge is -2.28. The van der Waals surface area contributed by atoms with E-state index in [-0.39, 0.29) is 11.8 Å². The van der Waals surface area contributed by atoms with Crippen LogP contribution >= 0.6 is 23.2 Å². The Morgan fingerprint density at radius 3 is 2.67 bits per heavy atom. The number of hydrogen-bond donors (Lipinski definition) is 0. The van der Waals surface area contributed by atoms with Crippen LogP contribution in [0.2, 0.25) is 5.02 Å². The summed E-state index contributed by atoms with van der Waals surface area (Å²) in [5.41, 5.74) is 1.06. The quantitative estimate of drug-likeness (QED) is 0.770. The Hall–Kier alpha value is -0.730. The van der Waals surface area contributed by atoms with E-state index in [4.69, 9.17) is 23.2 Å². The van der Waals surface area contributed by atoms with Crippen molar-refractivity contribution in [2.24, 2.45) is 0 Å².